The van der Waals surface area contributed by atoms with Crippen molar-refractivity contribution in [3.05, 3.63) is 60.2 Å². The van der Waals surface area contributed by atoms with Crippen LogP contribution >= 0.6 is 0 Å². The van der Waals surface area contributed by atoms with Crippen molar-refractivity contribution >= 4 is 5.97 Å². The van der Waals surface area contributed by atoms with Crippen LogP contribution in [0.4, 0.5) is 0 Å². The highest BCUT2D eigenvalue weighted by atomic mass is 16.5. The van der Waals surface area contributed by atoms with Gasteiger partial charge in [-0.15, -0.1) is 0 Å². The first-order chi connectivity index (χ1) is 11.2. The van der Waals surface area contributed by atoms with Gasteiger partial charge in [0.05, 0.1) is 6.10 Å². The topological polar surface area (TPSA) is 26.3 Å². The van der Waals surface area contributed by atoms with Crippen molar-refractivity contribution in [3.63, 3.8) is 0 Å². The van der Waals surface area contributed by atoms with E-state index in [9.17, 15) is 4.79 Å². The fourth-order valence-corrected chi connectivity index (χ4v) is 2.90. The van der Waals surface area contributed by atoms with Crippen LogP contribution in [0.1, 0.15) is 45.1 Å². The lowest BCUT2D eigenvalue weighted by molar-refractivity contribution is -0.145. The predicted molar refractivity (Wildman–Crippen MR) is 95.3 cm³/mol. The van der Waals surface area contributed by atoms with Crippen molar-refractivity contribution < 1.29 is 9.53 Å². The second kappa shape index (κ2) is 9.14. The fraction of sp³-hybridized carbons (Fsp3) is 0.381. The first-order valence-corrected chi connectivity index (χ1v) is 8.47. The number of hydrogen-bond acceptors (Lipinski definition) is 2. The molecule has 2 aromatic carbocycles. The molecule has 2 heteroatoms. The van der Waals surface area contributed by atoms with E-state index in [1.807, 2.05) is 6.92 Å². The van der Waals surface area contributed by atoms with Gasteiger partial charge < -0.3 is 4.74 Å². The number of aryl methyl sites for hydroxylation is 1. The first kappa shape index (κ1) is 17.3. The van der Waals surface area contributed by atoms with Gasteiger partial charge in [0.15, 0.2) is 0 Å². The SMILES string of the molecule is CC(=O)OC(C)CCCCCc1ccccc1-c1ccccc1. The van der Waals surface area contributed by atoms with Gasteiger partial charge >= 0.3 is 5.97 Å². The Kier molecular flexibility index (Phi) is 6.86. The molecular weight excluding hydrogens is 284 g/mol. The second-order valence-corrected chi connectivity index (χ2v) is 6.04. The summed E-state index contributed by atoms with van der Waals surface area (Å²) in [6.45, 7) is 3.43. The average Bonchev–Trinajstić information content (AvgIpc) is 2.55. The maximum atomic E-state index is 10.9. The van der Waals surface area contributed by atoms with E-state index in [1.165, 1.54) is 23.6 Å². The van der Waals surface area contributed by atoms with E-state index in [-0.39, 0.29) is 12.1 Å². The molecule has 2 rings (SSSR count). The Labute approximate surface area is 139 Å². The van der Waals surface area contributed by atoms with Crippen LogP contribution in [0, 0.1) is 0 Å². The standard InChI is InChI=1S/C21H26O2/c1-17(23-18(2)22)11-5-3-6-12-20-15-9-10-16-21(20)19-13-7-4-8-14-19/h4,7-10,13-17H,3,5-6,11-12H2,1-2H3. The zero-order chi connectivity index (χ0) is 16.5. The van der Waals surface area contributed by atoms with Crippen molar-refractivity contribution in [1.82, 2.24) is 0 Å². The molecule has 0 saturated heterocycles. The van der Waals surface area contributed by atoms with Gasteiger partial charge in [-0.1, -0.05) is 61.0 Å². The van der Waals surface area contributed by atoms with E-state index in [0.29, 0.717) is 0 Å². The highest BCUT2D eigenvalue weighted by molar-refractivity contribution is 5.67. The Hall–Kier alpha value is -2.09. The molecule has 0 heterocycles. The largest absolute Gasteiger partial charge is 0.463 e. The zero-order valence-corrected chi connectivity index (χ0v) is 14.1. The summed E-state index contributed by atoms with van der Waals surface area (Å²) in [7, 11) is 0. The van der Waals surface area contributed by atoms with Crippen LogP contribution in [0.25, 0.3) is 11.1 Å². The van der Waals surface area contributed by atoms with Gasteiger partial charge in [-0.2, -0.15) is 0 Å². The number of carbonyl (C=O) groups is 1. The van der Waals surface area contributed by atoms with Crippen molar-refractivity contribution in [2.45, 2.75) is 52.1 Å². The minimum absolute atomic E-state index is 0.0316. The van der Waals surface area contributed by atoms with Crippen molar-refractivity contribution in [2.75, 3.05) is 0 Å². The zero-order valence-electron chi connectivity index (χ0n) is 14.1. The molecule has 2 nitrogen and oxygen atoms in total. The molecule has 0 bridgehead atoms. The normalized spacial score (nSPS) is 11.9. The first-order valence-electron chi connectivity index (χ1n) is 8.47. The third-order valence-corrected chi connectivity index (χ3v) is 4.03. The molecule has 1 atom stereocenters. The summed E-state index contributed by atoms with van der Waals surface area (Å²) in [4.78, 5) is 10.9. The Morgan fingerprint density at radius 1 is 0.957 bits per heavy atom. The van der Waals surface area contributed by atoms with Crippen LogP contribution in [0.15, 0.2) is 54.6 Å². The van der Waals surface area contributed by atoms with Gasteiger partial charge in [-0.05, 0) is 49.3 Å². The number of hydrogen-bond donors (Lipinski definition) is 0. The lowest BCUT2D eigenvalue weighted by Crippen LogP contribution is -2.11. The van der Waals surface area contributed by atoms with E-state index in [2.05, 4.69) is 54.6 Å². The third-order valence-electron chi connectivity index (χ3n) is 4.03. The average molecular weight is 310 g/mol. The highest BCUT2D eigenvalue weighted by Crippen LogP contribution is 2.25. The molecule has 0 amide bonds. The third kappa shape index (κ3) is 5.90. The minimum atomic E-state index is -0.186. The molecule has 0 spiro atoms. The molecule has 23 heavy (non-hydrogen) atoms. The molecule has 1 unspecified atom stereocenters. The number of benzene rings is 2. The van der Waals surface area contributed by atoms with Gasteiger partial charge in [0.25, 0.3) is 0 Å². The molecule has 0 aliphatic heterocycles. The lowest BCUT2D eigenvalue weighted by atomic mass is 9.95. The molecule has 0 aliphatic carbocycles. The van der Waals surface area contributed by atoms with Crippen LogP contribution in [0.5, 0.6) is 0 Å². The van der Waals surface area contributed by atoms with Gasteiger partial charge in [0.1, 0.15) is 0 Å². The van der Waals surface area contributed by atoms with Crippen LogP contribution < -0.4 is 0 Å². The minimum Gasteiger partial charge on any atom is -0.463 e. The van der Waals surface area contributed by atoms with E-state index in [4.69, 9.17) is 4.74 Å². The quantitative estimate of drug-likeness (QED) is 0.481. The second-order valence-electron chi connectivity index (χ2n) is 6.04. The highest BCUT2D eigenvalue weighted by Gasteiger charge is 2.06. The summed E-state index contributed by atoms with van der Waals surface area (Å²) in [5.74, 6) is -0.186. The van der Waals surface area contributed by atoms with Gasteiger partial charge in [-0.25, -0.2) is 0 Å². The van der Waals surface area contributed by atoms with E-state index in [1.54, 1.807) is 0 Å². The molecule has 0 aromatic heterocycles. The Bertz CT molecular complexity index is 604. The van der Waals surface area contributed by atoms with E-state index in [0.717, 1.165) is 32.1 Å². The molecule has 0 aliphatic rings. The number of unbranched alkanes of at least 4 members (excludes halogenated alkanes) is 2. The fourth-order valence-electron chi connectivity index (χ4n) is 2.90. The molecule has 0 fully saturated rings. The maximum absolute atomic E-state index is 10.9. The number of esters is 1. The smallest absolute Gasteiger partial charge is 0.302 e. The Morgan fingerprint density at radius 2 is 1.65 bits per heavy atom. The molecule has 122 valence electrons. The van der Waals surface area contributed by atoms with Gasteiger partial charge in [0.2, 0.25) is 0 Å². The lowest BCUT2D eigenvalue weighted by Gasteiger charge is -2.12. The number of carbonyl (C=O) groups excluding carboxylic acids is 1. The predicted octanol–water partition coefficient (Wildman–Crippen LogP) is 5.41. The summed E-state index contributed by atoms with van der Waals surface area (Å²) >= 11 is 0. The van der Waals surface area contributed by atoms with Crippen LogP contribution in [0.3, 0.4) is 0 Å². The van der Waals surface area contributed by atoms with Crippen LogP contribution in [-0.4, -0.2) is 12.1 Å². The Balaban J connectivity index is 1.82. The maximum Gasteiger partial charge on any atom is 0.302 e. The molecule has 0 saturated carbocycles. The molecular formula is C21H26O2. The van der Waals surface area contributed by atoms with Crippen molar-refractivity contribution in [3.8, 4) is 11.1 Å². The Morgan fingerprint density at radius 3 is 2.39 bits per heavy atom. The van der Waals surface area contributed by atoms with Crippen molar-refractivity contribution in [1.29, 1.82) is 0 Å². The summed E-state index contributed by atoms with van der Waals surface area (Å²) in [6.07, 6.45) is 5.49. The molecule has 0 N–H and O–H groups in total. The monoisotopic (exact) mass is 310 g/mol. The summed E-state index contributed by atoms with van der Waals surface area (Å²) < 4.78 is 5.15. The number of ether oxygens (including phenoxy) is 1. The van der Waals surface area contributed by atoms with Gasteiger partial charge in [-0.3, -0.25) is 4.79 Å². The summed E-state index contributed by atoms with van der Waals surface area (Å²) in [5, 5.41) is 0. The molecule has 2 aromatic rings. The van der Waals surface area contributed by atoms with Crippen LogP contribution in [-0.2, 0) is 16.0 Å². The van der Waals surface area contributed by atoms with Gasteiger partial charge in [0, 0.05) is 6.92 Å². The van der Waals surface area contributed by atoms with E-state index < -0.39 is 0 Å². The summed E-state index contributed by atoms with van der Waals surface area (Å²) in [5.41, 5.74) is 4.03. The van der Waals surface area contributed by atoms with E-state index >= 15 is 0 Å². The van der Waals surface area contributed by atoms with Crippen LogP contribution in [0.2, 0.25) is 0 Å². The van der Waals surface area contributed by atoms with Crippen molar-refractivity contribution in [2.24, 2.45) is 0 Å². The molecule has 0 radical (unpaired) electrons. The summed E-state index contributed by atoms with van der Waals surface area (Å²) in [6, 6.07) is 19.2. The number of rotatable bonds is 8.